The van der Waals surface area contributed by atoms with E-state index in [1.165, 1.54) is 11.3 Å². The lowest BCUT2D eigenvalue weighted by molar-refractivity contribution is 0.0619. The van der Waals surface area contributed by atoms with Crippen molar-refractivity contribution in [3.8, 4) is 0 Å². The zero-order valence-electron chi connectivity index (χ0n) is 17.7. The first kappa shape index (κ1) is 23.3. The first-order valence-electron chi connectivity index (χ1n) is 10.4. The summed E-state index contributed by atoms with van der Waals surface area (Å²) < 4.78 is 0. The van der Waals surface area contributed by atoms with E-state index in [4.69, 9.17) is 10.2 Å². The van der Waals surface area contributed by atoms with Gasteiger partial charge in [0.1, 0.15) is 22.3 Å². The van der Waals surface area contributed by atoms with Gasteiger partial charge in [-0.25, -0.2) is 15.0 Å². The molecule has 1 aliphatic rings. The van der Waals surface area contributed by atoms with Gasteiger partial charge in [0.15, 0.2) is 5.13 Å². The van der Waals surface area contributed by atoms with E-state index in [1.54, 1.807) is 12.3 Å². The Morgan fingerprint density at radius 2 is 1.87 bits per heavy atom. The van der Waals surface area contributed by atoms with Gasteiger partial charge in [0.2, 0.25) is 0 Å². The molecule has 170 valence electrons. The van der Waals surface area contributed by atoms with Crippen molar-refractivity contribution in [1.82, 2.24) is 30.1 Å². The summed E-state index contributed by atoms with van der Waals surface area (Å²) in [6.07, 6.45) is 1.59. The van der Waals surface area contributed by atoms with Gasteiger partial charge >= 0.3 is 0 Å². The number of aromatic nitrogens is 3. The smallest absolute Gasteiger partial charge is 0.265 e. The van der Waals surface area contributed by atoms with Gasteiger partial charge in [-0.3, -0.25) is 9.69 Å². The maximum atomic E-state index is 12.8. The minimum Gasteiger partial charge on any atom is -0.395 e. The van der Waals surface area contributed by atoms with Gasteiger partial charge in [-0.05, 0) is 6.92 Å². The third-order valence-corrected chi connectivity index (χ3v) is 5.66. The van der Waals surface area contributed by atoms with Gasteiger partial charge in [0.25, 0.3) is 5.91 Å². The summed E-state index contributed by atoms with van der Waals surface area (Å²) in [6.45, 7) is 7.45. The van der Waals surface area contributed by atoms with Crippen LogP contribution >= 0.6 is 11.3 Å². The molecule has 12 heteroatoms. The number of hydrogen-bond donors (Lipinski definition) is 5. The average Bonchev–Trinajstić information content (AvgIpc) is 3.22. The van der Waals surface area contributed by atoms with E-state index in [1.807, 2.05) is 11.8 Å². The highest BCUT2D eigenvalue weighted by molar-refractivity contribution is 7.17. The van der Waals surface area contributed by atoms with E-state index in [0.29, 0.717) is 66.7 Å². The first-order valence-corrected chi connectivity index (χ1v) is 11.2. The van der Waals surface area contributed by atoms with Gasteiger partial charge < -0.3 is 31.1 Å². The Balaban J connectivity index is 1.55. The molecule has 11 nitrogen and oxygen atoms in total. The van der Waals surface area contributed by atoms with E-state index >= 15 is 0 Å². The maximum absolute atomic E-state index is 12.8. The van der Waals surface area contributed by atoms with Crippen LogP contribution < -0.4 is 16.0 Å². The van der Waals surface area contributed by atoms with E-state index in [9.17, 15) is 4.79 Å². The fourth-order valence-electron chi connectivity index (χ4n) is 3.22. The van der Waals surface area contributed by atoms with Gasteiger partial charge in [0, 0.05) is 58.4 Å². The molecule has 0 saturated carbocycles. The molecule has 31 heavy (non-hydrogen) atoms. The fourth-order valence-corrected chi connectivity index (χ4v) is 4.01. The molecule has 0 radical (unpaired) electrons. The van der Waals surface area contributed by atoms with Crippen LogP contribution in [0.2, 0.25) is 0 Å². The Kier molecular flexibility index (Phi) is 8.91. The molecule has 5 N–H and O–H groups in total. The molecule has 0 unspecified atom stereocenters. The van der Waals surface area contributed by atoms with Crippen LogP contribution in [0.4, 0.5) is 16.8 Å². The summed E-state index contributed by atoms with van der Waals surface area (Å²) in [7, 11) is 0. The topological polar surface area (TPSA) is 139 Å². The van der Waals surface area contributed by atoms with Gasteiger partial charge in [-0.2, -0.15) is 0 Å². The lowest BCUT2D eigenvalue weighted by Crippen LogP contribution is -2.49. The molecule has 3 rings (SSSR count). The molecule has 0 aliphatic carbocycles. The summed E-state index contributed by atoms with van der Waals surface area (Å²) >= 11 is 1.30. The second kappa shape index (κ2) is 11.9. The third kappa shape index (κ3) is 7.08. The zero-order valence-corrected chi connectivity index (χ0v) is 18.5. The predicted molar refractivity (Wildman–Crippen MR) is 120 cm³/mol. The summed E-state index contributed by atoms with van der Waals surface area (Å²) in [5.74, 6) is 1.88. The van der Waals surface area contributed by atoms with Crippen molar-refractivity contribution in [2.24, 2.45) is 0 Å². The molecule has 1 fully saturated rings. The first-order chi connectivity index (χ1) is 15.1. The maximum Gasteiger partial charge on any atom is 0.265 e. The van der Waals surface area contributed by atoms with Gasteiger partial charge in [-0.15, -0.1) is 0 Å². The van der Waals surface area contributed by atoms with E-state index < -0.39 is 0 Å². The molecule has 0 bridgehead atoms. The standard InChI is InChI=1S/C19H30N8O3S/c1-14-23-16(21-3-2-20-4-10-28)12-17(24-14)25-19-22-13-15(31-19)18(30)27-7-5-26(6-8-27)9-11-29/h12-13,20,28-29H,2-11H2,1H3,(H2,21,22,23,24,25). The minimum absolute atomic E-state index is 0.0224. The van der Waals surface area contributed by atoms with Crippen LogP contribution in [0, 0.1) is 6.92 Å². The molecule has 3 heterocycles. The number of rotatable bonds is 11. The Morgan fingerprint density at radius 1 is 1.10 bits per heavy atom. The Labute approximate surface area is 185 Å². The number of carbonyl (C=O) groups is 1. The molecular formula is C19H30N8O3S. The number of hydrogen-bond acceptors (Lipinski definition) is 11. The van der Waals surface area contributed by atoms with Crippen molar-refractivity contribution in [3.63, 3.8) is 0 Å². The quantitative estimate of drug-likeness (QED) is 0.291. The number of amides is 1. The van der Waals surface area contributed by atoms with Gasteiger partial charge in [-0.1, -0.05) is 11.3 Å². The molecule has 1 saturated heterocycles. The molecule has 2 aromatic rings. The van der Waals surface area contributed by atoms with Crippen LogP contribution in [0.5, 0.6) is 0 Å². The summed E-state index contributed by atoms with van der Waals surface area (Å²) in [4.78, 5) is 30.4. The Bertz CT molecular complexity index is 841. The molecule has 0 aromatic carbocycles. The second-order valence-electron chi connectivity index (χ2n) is 7.10. The lowest BCUT2D eigenvalue weighted by atomic mass is 10.3. The van der Waals surface area contributed by atoms with Gasteiger partial charge in [0.05, 0.1) is 19.4 Å². The molecule has 1 aliphatic heterocycles. The number of anilines is 3. The third-order valence-electron chi connectivity index (χ3n) is 4.76. The number of piperazine rings is 1. The number of nitrogens with zero attached hydrogens (tertiary/aromatic N) is 5. The number of nitrogens with one attached hydrogen (secondary N) is 3. The highest BCUT2D eigenvalue weighted by atomic mass is 32.1. The van der Waals surface area contributed by atoms with Crippen LogP contribution in [-0.2, 0) is 0 Å². The largest absolute Gasteiger partial charge is 0.395 e. The van der Waals surface area contributed by atoms with Crippen LogP contribution in [0.3, 0.4) is 0 Å². The van der Waals surface area contributed by atoms with Crippen molar-refractivity contribution in [2.75, 3.05) is 76.2 Å². The summed E-state index contributed by atoms with van der Waals surface area (Å²) in [6, 6.07) is 1.79. The number of thiazole rings is 1. The number of aliphatic hydroxyl groups excluding tert-OH is 2. The predicted octanol–water partition coefficient (Wildman–Crippen LogP) is -0.271. The SMILES string of the molecule is Cc1nc(NCCNCCO)cc(Nc2ncc(C(=O)N3CCN(CCO)CC3)s2)n1. The monoisotopic (exact) mass is 450 g/mol. The Morgan fingerprint density at radius 3 is 2.61 bits per heavy atom. The molecule has 0 spiro atoms. The second-order valence-corrected chi connectivity index (χ2v) is 8.13. The van der Waals surface area contributed by atoms with Crippen LogP contribution in [-0.4, -0.2) is 106 Å². The number of carbonyl (C=O) groups excluding carboxylic acids is 1. The zero-order chi connectivity index (χ0) is 22.1. The van der Waals surface area contributed by atoms with Crippen molar-refractivity contribution in [3.05, 3.63) is 23.0 Å². The minimum atomic E-state index is -0.0224. The fraction of sp³-hybridized carbons (Fsp3) is 0.579. The van der Waals surface area contributed by atoms with E-state index in [2.05, 4.69) is 35.8 Å². The molecule has 0 atom stereocenters. The average molecular weight is 451 g/mol. The Hall–Kier alpha value is -2.38. The number of aryl methyl sites for hydroxylation is 1. The highest BCUT2D eigenvalue weighted by Gasteiger charge is 2.23. The molecule has 1 amide bonds. The van der Waals surface area contributed by atoms with Crippen molar-refractivity contribution < 1.29 is 15.0 Å². The van der Waals surface area contributed by atoms with Crippen LogP contribution in [0.25, 0.3) is 0 Å². The highest BCUT2D eigenvalue weighted by Crippen LogP contribution is 2.24. The van der Waals surface area contributed by atoms with Crippen LogP contribution in [0.15, 0.2) is 12.3 Å². The number of β-amino-alcohol motifs (C(OH)–C–C–N with tert-alkyl or cyclic N) is 1. The summed E-state index contributed by atoms with van der Waals surface area (Å²) in [5, 5.41) is 27.9. The van der Waals surface area contributed by atoms with Crippen molar-refractivity contribution in [2.45, 2.75) is 6.92 Å². The lowest BCUT2D eigenvalue weighted by Gasteiger charge is -2.34. The summed E-state index contributed by atoms with van der Waals surface area (Å²) in [5.41, 5.74) is 0. The number of aliphatic hydroxyl groups is 2. The molecular weight excluding hydrogens is 420 g/mol. The normalized spacial score (nSPS) is 14.6. The molecule has 2 aromatic heterocycles. The van der Waals surface area contributed by atoms with Crippen molar-refractivity contribution in [1.29, 1.82) is 0 Å². The van der Waals surface area contributed by atoms with E-state index in [-0.39, 0.29) is 19.1 Å². The van der Waals surface area contributed by atoms with E-state index in [0.717, 1.165) is 13.1 Å². The van der Waals surface area contributed by atoms with Crippen LogP contribution in [0.1, 0.15) is 15.5 Å². The van der Waals surface area contributed by atoms with Crippen molar-refractivity contribution >= 4 is 34.0 Å².